The van der Waals surface area contributed by atoms with E-state index in [1.54, 1.807) is 6.08 Å². The van der Waals surface area contributed by atoms with Gasteiger partial charge in [-0.1, -0.05) is 185 Å². The van der Waals surface area contributed by atoms with Gasteiger partial charge in [0.2, 0.25) is 5.91 Å². The van der Waals surface area contributed by atoms with E-state index in [1.165, 1.54) is 161 Å². The lowest BCUT2D eigenvalue weighted by atomic mass is 10.1. The molecule has 0 aliphatic rings. The minimum absolute atomic E-state index is 0.0785. The zero-order valence-corrected chi connectivity index (χ0v) is 31.5. The minimum Gasteiger partial charge on any atom is -0.394 e. The number of allylic oxidation sites excluding steroid dienone is 5. The van der Waals surface area contributed by atoms with E-state index >= 15 is 0 Å². The summed E-state index contributed by atoms with van der Waals surface area (Å²) in [4.78, 5) is 12.3. The van der Waals surface area contributed by atoms with Gasteiger partial charge in [0, 0.05) is 6.42 Å². The Morgan fingerprint density at radius 1 is 0.489 bits per heavy atom. The number of nitrogens with one attached hydrogen (secondary N) is 1. The molecule has 0 saturated carbocycles. The van der Waals surface area contributed by atoms with Gasteiger partial charge in [-0.05, 0) is 57.8 Å². The zero-order chi connectivity index (χ0) is 34.3. The molecule has 0 bridgehead atoms. The lowest BCUT2D eigenvalue weighted by molar-refractivity contribution is -0.123. The Morgan fingerprint density at radius 3 is 1.23 bits per heavy atom. The lowest BCUT2D eigenvalue weighted by Crippen LogP contribution is -2.45. The van der Waals surface area contributed by atoms with Gasteiger partial charge in [0.05, 0.1) is 18.8 Å². The summed E-state index contributed by atoms with van der Waals surface area (Å²) >= 11 is 0. The molecule has 2 unspecified atom stereocenters. The highest BCUT2D eigenvalue weighted by molar-refractivity contribution is 5.76. The smallest absolute Gasteiger partial charge is 0.220 e. The summed E-state index contributed by atoms with van der Waals surface area (Å²) in [6, 6.07) is -0.639. The Labute approximate surface area is 293 Å². The summed E-state index contributed by atoms with van der Waals surface area (Å²) < 4.78 is 0. The second kappa shape index (κ2) is 39.1. The van der Waals surface area contributed by atoms with Crippen LogP contribution in [-0.4, -0.2) is 34.9 Å². The number of hydrogen-bond acceptors (Lipinski definition) is 3. The van der Waals surface area contributed by atoms with Gasteiger partial charge in [-0.15, -0.1) is 0 Å². The van der Waals surface area contributed by atoms with Gasteiger partial charge in [-0.25, -0.2) is 0 Å². The third kappa shape index (κ3) is 35.7. The number of aliphatic hydroxyl groups is 2. The average molecular weight is 660 g/mol. The highest BCUT2D eigenvalue weighted by Crippen LogP contribution is 2.13. The topological polar surface area (TPSA) is 69.6 Å². The van der Waals surface area contributed by atoms with Crippen molar-refractivity contribution in [2.45, 2.75) is 225 Å². The molecule has 0 heterocycles. The lowest BCUT2D eigenvalue weighted by Gasteiger charge is -2.19. The van der Waals surface area contributed by atoms with Crippen LogP contribution < -0.4 is 5.32 Å². The number of amides is 1. The molecule has 276 valence electrons. The maximum Gasteiger partial charge on any atom is 0.220 e. The first kappa shape index (κ1) is 45.6. The van der Waals surface area contributed by atoms with Crippen molar-refractivity contribution in [1.82, 2.24) is 5.32 Å². The highest BCUT2D eigenvalue weighted by Gasteiger charge is 2.17. The Hall–Kier alpha value is -1.39. The molecule has 4 nitrogen and oxygen atoms in total. The van der Waals surface area contributed by atoms with E-state index in [1.807, 2.05) is 6.08 Å². The van der Waals surface area contributed by atoms with E-state index in [2.05, 4.69) is 43.5 Å². The monoisotopic (exact) mass is 660 g/mol. The van der Waals surface area contributed by atoms with Crippen LogP contribution in [0.25, 0.3) is 0 Å². The van der Waals surface area contributed by atoms with Crippen molar-refractivity contribution < 1.29 is 15.0 Å². The summed E-state index contributed by atoms with van der Waals surface area (Å²) in [5.74, 6) is -0.0785. The van der Waals surface area contributed by atoms with Gasteiger partial charge in [0.25, 0.3) is 0 Å². The van der Waals surface area contributed by atoms with Crippen LogP contribution in [0.15, 0.2) is 36.5 Å². The molecule has 0 aromatic carbocycles. The predicted octanol–water partition coefficient (Wildman–Crippen LogP) is 12.6. The van der Waals surface area contributed by atoms with Gasteiger partial charge in [-0.3, -0.25) is 4.79 Å². The summed E-state index contributed by atoms with van der Waals surface area (Å²) in [7, 11) is 0. The molecule has 2 atom stereocenters. The molecule has 0 aromatic heterocycles. The standard InChI is InChI=1S/C43H81NO3/c1-3-5-7-9-11-13-15-17-19-21-22-23-25-27-29-31-33-35-37-39-43(47)44-41(40-45)42(46)38-36-34-32-30-28-26-24-20-18-16-14-12-10-8-6-4-2/h21-22,28,30,36,38,41-42,45-46H,3-20,23-27,29,31-35,37,39-40H2,1-2H3,(H,44,47)/b22-21-,30-28+,38-36+. The molecule has 3 N–H and O–H groups in total. The fraction of sp³-hybridized carbons (Fsp3) is 0.837. The van der Waals surface area contributed by atoms with Gasteiger partial charge < -0.3 is 15.5 Å². The van der Waals surface area contributed by atoms with Crippen LogP contribution in [0.1, 0.15) is 213 Å². The normalized spacial score (nSPS) is 13.4. The number of carbonyl (C=O) groups is 1. The van der Waals surface area contributed by atoms with Crippen LogP contribution in [0.5, 0.6) is 0 Å². The van der Waals surface area contributed by atoms with E-state index in [4.69, 9.17) is 0 Å². The Kier molecular flexibility index (Phi) is 37.9. The minimum atomic E-state index is -0.862. The molecule has 0 fully saturated rings. The second-order valence-electron chi connectivity index (χ2n) is 14.0. The Balaban J connectivity index is 3.63. The van der Waals surface area contributed by atoms with Crippen molar-refractivity contribution in [3.8, 4) is 0 Å². The first-order chi connectivity index (χ1) is 23.2. The molecule has 0 rings (SSSR count). The van der Waals surface area contributed by atoms with Crippen LogP contribution in [0.2, 0.25) is 0 Å². The second-order valence-corrected chi connectivity index (χ2v) is 14.0. The van der Waals surface area contributed by atoms with E-state index in [-0.39, 0.29) is 12.5 Å². The van der Waals surface area contributed by atoms with Crippen LogP contribution in [-0.2, 0) is 4.79 Å². The predicted molar refractivity (Wildman–Crippen MR) is 207 cm³/mol. The fourth-order valence-electron chi connectivity index (χ4n) is 6.13. The van der Waals surface area contributed by atoms with Crippen LogP contribution in [0.4, 0.5) is 0 Å². The summed E-state index contributed by atoms with van der Waals surface area (Å²) in [5.41, 5.74) is 0. The molecule has 47 heavy (non-hydrogen) atoms. The van der Waals surface area contributed by atoms with Crippen molar-refractivity contribution in [3.63, 3.8) is 0 Å². The van der Waals surface area contributed by atoms with E-state index in [9.17, 15) is 15.0 Å². The number of aliphatic hydroxyl groups excluding tert-OH is 2. The highest BCUT2D eigenvalue weighted by atomic mass is 16.3. The molecule has 1 amide bonds. The molecule has 0 aromatic rings. The van der Waals surface area contributed by atoms with E-state index < -0.39 is 12.1 Å². The van der Waals surface area contributed by atoms with E-state index in [0.717, 1.165) is 32.1 Å². The summed E-state index contributed by atoms with van der Waals surface area (Å²) in [6.07, 6.45) is 51.0. The van der Waals surface area contributed by atoms with Crippen LogP contribution in [0.3, 0.4) is 0 Å². The van der Waals surface area contributed by atoms with Crippen molar-refractivity contribution in [3.05, 3.63) is 36.5 Å². The Bertz CT molecular complexity index is 716. The number of rotatable bonds is 37. The van der Waals surface area contributed by atoms with Gasteiger partial charge >= 0.3 is 0 Å². The van der Waals surface area contributed by atoms with Crippen molar-refractivity contribution >= 4 is 5.91 Å². The van der Waals surface area contributed by atoms with Gasteiger partial charge in [-0.2, -0.15) is 0 Å². The maximum atomic E-state index is 12.3. The number of hydrogen-bond donors (Lipinski definition) is 3. The number of carbonyl (C=O) groups excluding carboxylic acids is 1. The SMILES string of the molecule is CCCCCCCCCC/C=C\CCCCCCCCCC(=O)NC(CO)C(O)/C=C/CC/C=C/CCCCCCCCCCCC. The molecule has 0 aliphatic carbocycles. The largest absolute Gasteiger partial charge is 0.394 e. The van der Waals surface area contributed by atoms with E-state index in [0.29, 0.717) is 6.42 Å². The molecular formula is C43H81NO3. The zero-order valence-electron chi connectivity index (χ0n) is 31.5. The van der Waals surface area contributed by atoms with Crippen molar-refractivity contribution in [2.24, 2.45) is 0 Å². The van der Waals surface area contributed by atoms with Crippen molar-refractivity contribution in [2.75, 3.05) is 6.61 Å². The third-order valence-electron chi connectivity index (χ3n) is 9.35. The first-order valence-electron chi connectivity index (χ1n) is 20.7. The first-order valence-corrected chi connectivity index (χ1v) is 20.7. The molecule has 0 radical (unpaired) electrons. The average Bonchev–Trinajstić information content (AvgIpc) is 3.07. The van der Waals surface area contributed by atoms with Crippen LogP contribution in [0, 0.1) is 0 Å². The molecule has 0 saturated heterocycles. The molecular weight excluding hydrogens is 578 g/mol. The quantitative estimate of drug-likeness (QED) is 0.0459. The van der Waals surface area contributed by atoms with Crippen molar-refractivity contribution in [1.29, 1.82) is 0 Å². The molecule has 4 heteroatoms. The summed E-state index contributed by atoms with van der Waals surface area (Å²) in [5, 5.41) is 22.9. The number of unbranched alkanes of at least 4 members (excludes halogenated alkanes) is 26. The van der Waals surface area contributed by atoms with Crippen LogP contribution >= 0.6 is 0 Å². The fourth-order valence-corrected chi connectivity index (χ4v) is 6.13. The van der Waals surface area contributed by atoms with Gasteiger partial charge in [0.15, 0.2) is 0 Å². The Morgan fingerprint density at radius 2 is 0.830 bits per heavy atom. The molecule has 0 aliphatic heterocycles. The molecule has 0 spiro atoms. The maximum absolute atomic E-state index is 12.3. The third-order valence-corrected chi connectivity index (χ3v) is 9.35. The van der Waals surface area contributed by atoms with Gasteiger partial charge in [0.1, 0.15) is 0 Å². The summed E-state index contributed by atoms with van der Waals surface area (Å²) in [6.45, 7) is 4.29.